The van der Waals surface area contributed by atoms with E-state index >= 15 is 0 Å². The third kappa shape index (κ3) is 4.78. The van der Waals surface area contributed by atoms with Crippen molar-refractivity contribution in [3.63, 3.8) is 0 Å². The number of hydrogen-bond donors (Lipinski definition) is 1. The summed E-state index contributed by atoms with van der Waals surface area (Å²) in [6, 6.07) is 24.2. The molecule has 5 rings (SSSR count). The molecule has 1 fully saturated rings. The highest BCUT2D eigenvalue weighted by molar-refractivity contribution is 7.14. The average molecular weight is 428 g/mol. The van der Waals surface area contributed by atoms with Gasteiger partial charge in [0, 0.05) is 29.4 Å². The molecular weight excluding hydrogens is 402 g/mol. The second-order valence-corrected chi connectivity index (χ2v) is 8.85. The van der Waals surface area contributed by atoms with Crippen molar-refractivity contribution >= 4 is 22.8 Å². The number of benzene rings is 2. The van der Waals surface area contributed by atoms with Crippen molar-refractivity contribution in [2.45, 2.75) is 38.0 Å². The van der Waals surface area contributed by atoms with Crippen LogP contribution in [0.1, 0.15) is 43.0 Å². The Morgan fingerprint density at radius 1 is 0.871 bits per heavy atom. The van der Waals surface area contributed by atoms with Gasteiger partial charge in [-0.15, -0.1) is 0 Å². The molecule has 4 aromatic rings. The van der Waals surface area contributed by atoms with Gasteiger partial charge < -0.3 is 10.1 Å². The Bertz CT molecular complexity index is 1120. The quantitative estimate of drug-likeness (QED) is 0.341. The molecule has 2 heterocycles. The fraction of sp³-hybridized carbons (Fsp3) is 0.231. The first-order valence-corrected chi connectivity index (χ1v) is 11.7. The van der Waals surface area contributed by atoms with Gasteiger partial charge in [-0.25, -0.2) is 9.97 Å². The Morgan fingerprint density at radius 2 is 1.61 bits per heavy atom. The third-order valence-electron chi connectivity index (χ3n) is 5.60. The van der Waals surface area contributed by atoms with Crippen LogP contribution in [-0.2, 0) is 0 Å². The predicted octanol–water partition coefficient (Wildman–Crippen LogP) is 7.79. The summed E-state index contributed by atoms with van der Waals surface area (Å²) >= 11 is 1.69. The van der Waals surface area contributed by atoms with Crippen LogP contribution in [0.2, 0.25) is 0 Å². The predicted molar refractivity (Wildman–Crippen MR) is 127 cm³/mol. The van der Waals surface area contributed by atoms with Gasteiger partial charge in [-0.05, 0) is 31.0 Å². The first-order chi connectivity index (χ1) is 15.3. The van der Waals surface area contributed by atoms with Crippen LogP contribution in [0.15, 0.2) is 79.0 Å². The van der Waals surface area contributed by atoms with E-state index in [2.05, 4.69) is 22.4 Å². The molecule has 1 aliphatic carbocycles. The number of ether oxygens (including phenoxy) is 1. The fourth-order valence-corrected chi connectivity index (χ4v) is 5.14. The Balaban J connectivity index is 1.44. The summed E-state index contributed by atoms with van der Waals surface area (Å²) in [5.41, 5.74) is 3.02. The minimum atomic E-state index is 0.548. The second-order valence-electron chi connectivity index (χ2n) is 7.86. The van der Waals surface area contributed by atoms with E-state index in [-0.39, 0.29) is 0 Å². The molecule has 1 aliphatic rings. The monoisotopic (exact) mass is 427 g/mol. The number of nitrogens with zero attached hydrogens (tertiary/aromatic N) is 2. The number of para-hydroxylation sites is 1. The zero-order valence-corrected chi connectivity index (χ0v) is 18.1. The Morgan fingerprint density at radius 3 is 2.39 bits per heavy atom. The number of anilines is 2. The lowest BCUT2D eigenvalue weighted by atomic mass is 9.90. The normalized spacial score (nSPS) is 14.3. The first-order valence-electron chi connectivity index (χ1n) is 10.9. The molecule has 2 aromatic heterocycles. The highest BCUT2D eigenvalue weighted by Gasteiger charge is 2.23. The van der Waals surface area contributed by atoms with Crippen LogP contribution in [0, 0.1) is 0 Å². The van der Waals surface area contributed by atoms with Crippen molar-refractivity contribution in [3.05, 3.63) is 84.0 Å². The van der Waals surface area contributed by atoms with E-state index in [1.54, 1.807) is 17.5 Å². The standard InChI is InChI=1S/C26H25N3OS/c1-4-10-19(11-5-1)24-26(31-25(29-24)20-12-6-2-7-13-20)30-22-16-17-27-23(18-22)28-21-14-8-3-9-15-21/h1,3-5,8-11,14-18,20H,2,6-7,12-13H2,(H,27,28). The van der Waals surface area contributed by atoms with Gasteiger partial charge >= 0.3 is 0 Å². The highest BCUT2D eigenvalue weighted by atomic mass is 32.1. The van der Waals surface area contributed by atoms with E-state index in [9.17, 15) is 0 Å². The van der Waals surface area contributed by atoms with Crippen molar-refractivity contribution in [1.29, 1.82) is 0 Å². The van der Waals surface area contributed by atoms with Gasteiger partial charge in [0.15, 0.2) is 0 Å². The van der Waals surface area contributed by atoms with Crippen LogP contribution in [0.3, 0.4) is 0 Å². The van der Waals surface area contributed by atoms with E-state index < -0.39 is 0 Å². The van der Waals surface area contributed by atoms with Crippen molar-refractivity contribution in [2.24, 2.45) is 0 Å². The minimum absolute atomic E-state index is 0.548. The van der Waals surface area contributed by atoms with Gasteiger partial charge in [-0.2, -0.15) is 0 Å². The van der Waals surface area contributed by atoms with E-state index in [0.29, 0.717) is 5.92 Å². The van der Waals surface area contributed by atoms with Gasteiger partial charge in [-0.3, -0.25) is 0 Å². The summed E-state index contributed by atoms with van der Waals surface area (Å²) in [5.74, 6) is 2.05. The maximum Gasteiger partial charge on any atom is 0.208 e. The van der Waals surface area contributed by atoms with Crippen molar-refractivity contribution in [3.8, 4) is 22.1 Å². The minimum Gasteiger partial charge on any atom is -0.444 e. The maximum atomic E-state index is 6.39. The molecule has 0 radical (unpaired) electrons. The molecule has 0 unspecified atom stereocenters. The number of nitrogens with one attached hydrogen (secondary N) is 1. The summed E-state index contributed by atoms with van der Waals surface area (Å²) in [4.78, 5) is 9.48. The van der Waals surface area contributed by atoms with Crippen LogP contribution < -0.4 is 10.1 Å². The average Bonchev–Trinajstić information content (AvgIpc) is 3.25. The summed E-state index contributed by atoms with van der Waals surface area (Å²) in [7, 11) is 0. The third-order valence-corrected chi connectivity index (χ3v) is 6.70. The molecule has 156 valence electrons. The summed E-state index contributed by atoms with van der Waals surface area (Å²) in [6.07, 6.45) is 8.14. The fourth-order valence-electron chi connectivity index (χ4n) is 4.01. The molecule has 5 heteroatoms. The van der Waals surface area contributed by atoms with Crippen LogP contribution in [-0.4, -0.2) is 9.97 Å². The lowest BCUT2D eigenvalue weighted by Crippen LogP contribution is -2.03. The molecule has 2 aromatic carbocycles. The SMILES string of the molecule is c1ccc(Nc2cc(Oc3sc(C4CCCCC4)nc3-c3ccccc3)ccn2)cc1. The van der Waals surface area contributed by atoms with E-state index in [1.165, 1.54) is 37.1 Å². The Hall–Kier alpha value is -3.18. The van der Waals surface area contributed by atoms with Gasteiger partial charge in [0.05, 0.1) is 0 Å². The lowest BCUT2D eigenvalue weighted by Gasteiger charge is -2.18. The topological polar surface area (TPSA) is 47.0 Å². The number of hydrogen-bond acceptors (Lipinski definition) is 5. The molecular formula is C26H25N3OS. The molecule has 0 saturated heterocycles. The number of aromatic nitrogens is 2. The molecule has 0 amide bonds. The summed E-state index contributed by atoms with van der Waals surface area (Å²) in [6.45, 7) is 0. The summed E-state index contributed by atoms with van der Waals surface area (Å²) in [5, 5.41) is 5.38. The van der Waals surface area contributed by atoms with Crippen molar-refractivity contribution in [2.75, 3.05) is 5.32 Å². The Labute approximate surface area is 187 Å². The molecule has 0 aliphatic heterocycles. The molecule has 31 heavy (non-hydrogen) atoms. The summed E-state index contributed by atoms with van der Waals surface area (Å²) < 4.78 is 6.39. The molecule has 1 saturated carbocycles. The highest BCUT2D eigenvalue weighted by Crippen LogP contribution is 2.44. The van der Waals surface area contributed by atoms with Crippen LogP contribution >= 0.6 is 11.3 Å². The van der Waals surface area contributed by atoms with Crippen LogP contribution in [0.25, 0.3) is 11.3 Å². The Kier molecular flexibility index (Phi) is 5.94. The lowest BCUT2D eigenvalue weighted by molar-refractivity contribution is 0.442. The smallest absolute Gasteiger partial charge is 0.208 e. The number of pyridine rings is 1. The largest absolute Gasteiger partial charge is 0.444 e. The van der Waals surface area contributed by atoms with Crippen molar-refractivity contribution in [1.82, 2.24) is 9.97 Å². The van der Waals surface area contributed by atoms with E-state index in [0.717, 1.165) is 33.6 Å². The molecule has 1 N–H and O–H groups in total. The van der Waals surface area contributed by atoms with E-state index in [4.69, 9.17) is 9.72 Å². The molecule has 4 nitrogen and oxygen atoms in total. The van der Waals surface area contributed by atoms with Crippen LogP contribution in [0.5, 0.6) is 10.8 Å². The van der Waals surface area contributed by atoms with Gasteiger partial charge in [-0.1, -0.05) is 79.1 Å². The molecule has 0 spiro atoms. The maximum absolute atomic E-state index is 6.39. The number of thiazole rings is 1. The zero-order chi connectivity index (χ0) is 20.9. The van der Waals surface area contributed by atoms with Gasteiger partial charge in [0.2, 0.25) is 5.06 Å². The van der Waals surface area contributed by atoms with E-state index in [1.807, 2.05) is 60.7 Å². The molecule has 0 atom stereocenters. The first kappa shape index (κ1) is 19.8. The van der Waals surface area contributed by atoms with Crippen LogP contribution in [0.4, 0.5) is 11.5 Å². The number of rotatable bonds is 6. The van der Waals surface area contributed by atoms with Gasteiger partial charge in [0.1, 0.15) is 22.3 Å². The second kappa shape index (κ2) is 9.31. The van der Waals surface area contributed by atoms with Gasteiger partial charge in [0.25, 0.3) is 0 Å². The molecule has 0 bridgehead atoms. The van der Waals surface area contributed by atoms with Crippen molar-refractivity contribution < 1.29 is 4.74 Å². The zero-order valence-electron chi connectivity index (χ0n) is 17.3.